The maximum atomic E-state index is 13.6. The number of ether oxygens (including phenoxy) is 6. The van der Waals surface area contributed by atoms with Crippen LogP contribution < -0.4 is 45.6 Å². The summed E-state index contributed by atoms with van der Waals surface area (Å²) < 4.78 is 55.5. The van der Waals surface area contributed by atoms with Gasteiger partial charge in [-0.2, -0.15) is 0 Å². The Hall–Kier alpha value is -13.2. The number of nitrogens with two attached hydrogens (primary N) is 3. The SMILES string of the molecule is COc1c(-c2ccc(Oc3cccc(F)c3)cc2)c2c(N)ncnc2n1[C@@H]1CCN(C(=O)/C=C/CN(C)C2CC2)C1.COc1c(-c2ccc(Oc3ccccc3)cc2)c2c(N)ncnc2n1[C@@H]1CCN(C(=O)/C=C/CN(C)C)C1.COc1c(-c2ccc(Oc3ccccc3)cc2)c2c(N)ncnc2n1[C@@H]1CCN(C(=O)/C=C/CN(C)C2CC2)C1. The van der Waals surface area contributed by atoms with E-state index in [-0.39, 0.29) is 41.7 Å². The van der Waals surface area contributed by atoms with Gasteiger partial charge in [0.15, 0.2) is 0 Å². The Labute approximate surface area is 690 Å². The normalized spacial score (nSPS) is 16.7. The molecule has 3 saturated heterocycles. The monoisotopic (exact) mass is 1610 g/mol. The lowest BCUT2D eigenvalue weighted by atomic mass is 10.1. The average Bonchev–Trinajstić information content (AvgIpc) is 1.60. The van der Waals surface area contributed by atoms with Gasteiger partial charge in [0.1, 0.15) is 93.7 Å². The summed E-state index contributed by atoms with van der Waals surface area (Å²) in [6, 6.07) is 49.6. The van der Waals surface area contributed by atoms with Crippen molar-refractivity contribution < 1.29 is 47.2 Å². The van der Waals surface area contributed by atoms with Gasteiger partial charge in [0.05, 0.1) is 72.3 Å². The van der Waals surface area contributed by atoms with Crippen molar-refractivity contribution in [3.05, 3.63) is 219 Å². The molecule has 0 spiro atoms. The summed E-state index contributed by atoms with van der Waals surface area (Å²) in [6.45, 7) is 5.88. The molecule has 3 atom stereocenters. The first-order valence-corrected chi connectivity index (χ1v) is 40.1. The van der Waals surface area contributed by atoms with Gasteiger partial charge in [0.2, 0.25) is 35.4 Å². The minimum atomic E-state index is -0.364. The fourth-order valence-corrected chi connectivity index (χ4v) is 15.9. The van der Waals surface area contributed by atoms with Gasteiger partial charge in [-0.05, 0) is 163 Å². The van der Waals surface area contributed by atoms with E-state index in [9.17, 15) is 18.8 Å². The third kappa shape index (κ3) is 18.3. The minimum absolute atomic E-state index is 0.00678. The average molecular weight is 1610 g/mol. The molecular weight excluding hydrogens is 1510 g/mol. The van der Waals surface area contributed by atoms with Crippen molar-refractivity contribution in [2.45, 2.75) is 75.2 Å². The maximum Gasteiger partial charge on any atom is 0.246 e. The number of carbonyl (C=O) groups excluding carboxylic acids is 3. The molecule has 17 rings (SSSR count). The number of methoxy groups -OCH3 is 3. The number of hydrogen-bond acceptors (Lipinski definition) is 21. The van der Waals surface area contributed by atoms with E-state index in [1.165, 1.54) is 56.8 Å². The Morgan fingerprint density at radius 1 is 0.403 bits per heavy atom. The van der Waals surface area contributed by atoms with E-state index < -0.39 is 0 Å². The molecular formula is C91H99FN18O9. The van der Waals surface area contributed by atoms with Crippen LogP contribution in [0.1, 0.15) is 63.1 Å². The zero-order valence-corrected chi connectivity index (χ0v) is 67.9. The van der Waals surface area contributed by atoms with Crippen LogP contribution in [0.5, 0.6) is 52.1 Å². The molecule has 9 heterocycles. The van der Waals surface area contributed by atoms with Crippen molar-refractivity contribution in [1.29, 1.82) is 0 Å². The Kier molecular flexibility index (Phi) is 24.9. The van der Waals surface area contributed by atoms with Crippen LogP contribution in [0, 0.1) is 5.82 Å². The maximum absolute atomic E-state index is 13.6. The number of benzene rings is 6. The Balaban J connectivity index is 0.000000139. The van der Waals surface area contributed by atoms with Crippen molar-refractivity contribution in [2.24, 2.45) is 0 Å². The molecule has 2 aliphatic carbocycles. The van der Waals surface area contributed by atoms with Crippen LogP contribution in [0.25, 0.3) is 66.5 Å². The number of hydrogen-bond donors (Lipinski definition) is 3. The molecule has 6 aromatic heterocycles. The number of carbonyl (C=O) groups is 3. The first kappa shape index (κ1) is 81.0. The van der Waals surface area contributed by atoms with Gasteiger partial charge in [0.25, 0.3) is 0 Å². The second-order valence-corrected chi connectivity index (χ2v) is 30.6. The van der Waals surface area contributed by atoms with Crippen LogP contribution in [0.4, 0.5) is 21.8 Å². The van der Waals surface area contributed by atoms with Gasteiger partial charge in [-0.15, -0.1) is 0 Å². The Morgan fingerprint density at radius 3 is 1.03 bits per heavy atom. The number of nitrogen functional groups attached to an aromatic ring is 3. The molecule has 5 fully saturated rings. The molecule has 2 saturated carbocycles. The smallest absolute Gasteiger partial charge is 0.246 e. The molecule has 3 aliphatic heterocycles. The van der Waals surface area contributed by atoms with Crippen molar-refractivity contribution in [1.82, 2.24) is 73.0 Å². The van der Waals surface area contributed by atoms with Crippen molar-refractivity contribution in [2.75, 3.05) is 126 Å². The molecule has 12 aromatic rings. The largest absolute Gasteiger partial charge is 0.482 e. The lowest BCUT2D eigenvalue weighted by Gasteiger charge is -2.18. The molecule has 0 bridgehead atoms. The van der Waals surface area contributed by atoms with Gasteiger partial charge < -0.3 is 65.2 Å². The molecule has 28 heteroatoms. The number of aromatic nitrogens is 9. The second kappa shape index (κ2) is 36.5. The molecule has 6 N–H and O–H groups in total. The van der Waals surface area contributed by atoms with Crippen LogP contribution in [-0.4, -0.2) is 211 Å². The van der Waals surface area contributed by atoms with E-state index in [2.05, 4.69) is 62.9 Å². The summed E-state index contributed by atoms with van der Waals surface area (Å²) in [5.41, 5.74) is 26.3. The van der Waals surface area contributed by atoms with Crippen LogP contribution in [0.2, 0.25) is 0 Å². The van der Waals surface area contributed by atoms with Gasteiger partial charge >= 0.3 is 0 Å². The Morgan fingerprint density at radius 2 is 0.714 bits per heavy atom. The highest BCUT2D eigenvalue weighted by atomic mass is 19.1. The van der Waals surface area contributed by atoms with Crippen molar-refractivity contribution in [3.63, 3.8) is 0 Å². The summed E-state index contributed by atoms with van der Waals surface area (Å²) in [5.74, 6) is 6.65. The lowest BCUT2D eigenvalue weighted by Crippen LogP contribution is -2.28. The summed E-state index contributed by atoms with van der Waals surface area (Å²) >= 11 is 0. The molecule has 3 amide bonds. The molecule has 5 aliphatic rings. The standard InChI is InChI=1S/C31H33FN6O3.C31H34N6O3.C29H32N6O3/c1-36(22-10-11-22)15-4-7-26(39)37-16-14-23(18-37)38-30-28(29(33)34-19-35-30)27(31(38)40-2)20-8-12-24(13-9-20)41-25-6-3-5-21(32)17-25;1-35(22-12-13-22)17-6-9-26(38)36-18-16-23(19-36)37-30-28(29(32)33-20-34-30)27(31(37)39-2)21-10-14-25(15-11-21)40-24-7-4-3-5-8-24;1-33(2)16-7-10-24(36)34-17-15-21(18-34)35-28-26(27(30)31-19-32-28)25(29(35)37-3)20-11-13-23(14-12-20)38-22-8-5-4-6-9-22/h3-9,12-13,17,19,22-23H,10-11,14-16,18H2,1-2H3,(H2,33,34,35);3-11,14-15,20,22-23H,12-13,16-19H2,1-2H3,(H2,32,33,34);4-14,19,21H,15-18H2,1-3H3,(H2,30,31,32)/b7-4+;9-6+;10-7+/t2*23-;21-/m111/s1. The number of para-hydroxylation sites is 2. The van der Waals surface area contributed by atoms with E-state index in [0.717, 1.165) is 99.5 Å². The highest BCUT2D eigenvalue weighted by molar-refractivity contribution is 6.06. The first-order chi connectivity index (χ1) is 57.9. The number of likely N-dealkylation sites (tertiary alicyclic amines) is 3. The number of fused-ring (bicyclic) bond motifs is 3. The number of nitrogens with zero attached hydrogens (tertiary/aromatic N) is 15. The highest BCUT2D eigenvalue weighted by Gasteiger charge is 2.38. The predicted molar refractivity (Wildman–Crippen MR) is 459 cm³/mol. The van der Waals surface area contributed by atoms with Crippen LogP contribution in [0.15, 0.2) is 213 Å². The van der Waals surface area contributed by atoms with E-state index in [4.69, 9.17) is 45.6 Å². The van der Waals surface area contributed by atoms with Gasteiger partial charge in [-0.25, -0.2) is 34.3 Å². The minimum Gasteiger partial charge on any atom is -0.482 e. The van der Waals surface area contributed by atoms with Crippen LogP contribution in [0.3, 0.4) is 0 Å². The number of anilines is 3. The van der Waals surface area contributed by atoms with Crippen molar-refractivity contribution in [3.8, 4) is 85.5 Å². The summed E-state index contributed by atoms with van der Waals surface area (Å²) in [5, 5.41) is 2.16. The topological polar surface area (TPSA) is 296 Å². The molecule has 27 nitrogen and oxygen atoms in total. The van der Waals surface area contributed by atoms with Gasteiger partial charge in [0, 0.05) is 95.3 Å². The van der Waals surface area contributed by atoms with E-state index >= 15 is 0 Å². The van der Waals surface area contributed by atoms with Gasteiger partial charge in [-0.1, -0.05) is 97.1 Å². The third-order valence-electron chi connectivity index (χ3n) is 22.2. The Bertz CT molecular complexity index is 5680. The fourth-order valence-electron chi connectivity index (χ4n) is 15.9. The van der Waals surface area contributed by atoms with E-state index in [0.29, 0.717) is 127 Å². The van der Waals surface area contributed by atoms with Crippen LogP contribution in [-0.2, 0) is 14.4 Å². The highest BCUT2D eigenvalue weighted by Crippen LogP contribution is 2.49. The zero-order valence-electron chi connectivity index (χ0n) is 67.9. The van der Waals surface area contributed by atoms with E-state index in [1.54, 1.807) is 51.7 Å². The third-order valence-corrected chi connectivity index (χ3v) is 22.2. The van der Waals surface area contributed by atoms with E-state index in [1.807, 2.05) is 190 Å². The predicted octanol–water partition coefficient (Wildman–Crippen LogP) is 14.3. The second-order valence-electron chi connectivity index (χ2n) is 30.6. The molecule has 119 heavy (non-hydrogen) atoms. The first-order valence-electron chi connectivity index (χ1n) is 40.1. The van der Waals surface area contributed by atoms with Gasteiger partial charge in [-0.3, -0.25) is 37.9 Å². The number of likely N-dealkylation sites (N-methyl/N-ethyl adjacent to an activating group) is 3. The number of halogens is 1. The molecule has 0 radical (unpaired) electrons. The fraction of sp³-hybridized carbons (Fsp3) is 0.308. The summed E-state index contributed by atoms with van der Waals surface area (Å²) in [6.07, 6.45) is 22.5. The molecule has 0 unspecified atom stereocenters. The molecule has 614 valence electrons. The zero-order chi connectivity index (χ0) is 82.8. The van der Waals surface area contributed by atoms with Crippen LogP contribution >= 0.6 is 0 Å². The number of rotatable bonds is 26. The summed E-state index contributed by atoms with van der Waals surface area (Å²) in [4.78, 5) is 77.6. The molecule has 6 aromatic carbocycles. The quantitative estimate of drug-likeness (QED) is 0.0424. The van der Waals surface area contributed by atoms with Crippen molar-refractivity contribution >= 4 is 68.3 Å². The number of amides is 3. The summed E-state index contributed by atoms with van der Waals surface area (Å²) in [7, 11) is 13.1. The lowest BCUT2D eigenvalue weighted by molar-refractivity contribution is -0.125.